The molecule has 37 heavy (non-hydrogen) atoms. The zero-order valence-electron chi connectivity index (χ0n) is 20.9. The largest absolute Gasteiger partial charge is 0.445 e. The van der Waals surface area contributed by atoms with E-state index < -0.39 is 18.2 Å². The van der Waals surface area contributed by atoms with Gasteiger partial charge in [0.05, 0.1) is 0 Å². The average molecular weight is 504 g/mol. The molecule has 0 fully saturated rings. The molecule has 0 saturated heterocycles. The van der Waals surface area contributed by atoms with Crippen LogP contribution in [-0.4, -0.2) is 30.7 Å². The van der Waals surface area contributed by atoms with Crippen molar-refractivity contribution in [1.29, 1.82) is 0 Å². The Kier molecular flexibility index (Phi) is 11.0. The number of carbonyl (C=O) groups excluding carboxylic acids is 3. The van der Waals surface area contributed by atoms with Gasteiger partial charge in [-0.2, -0.15) is 0 Å². The lowest BCUT2D eigenvalue weighted by molar-refractivity contribution is -0.118. The summed E-state index contributed by atoms with van der Waals surface area (Å²) in [6, 6.07) is 25.4. The molecule has 3 aromatic carbocycles. The number of unbranched alkanes of at least 4 members (excludes halogenated alkanes) is 1. The zero-order chi connectivity index (χ0) is 26.3. The van der Waals surface area contributed by atoms with E-state index in [1.165, 1.54) is 0 Å². The van der Waals surface area contributed by atoms with E-state index in [-0.39, 0.29) is 19.1 Å². The average Bonchev–Trinajstić information content (AvgIpc) is 2.92. The predicted octanol–water partition coefficient (Wildman–Crippen LogP) is 5.33. The summed E-state index contributed by atoms with van der Waals surface area (Å²) in [5.74, 6) is -0.337. The number of anilines is 1. The summed E-state index contributed by atoms with van der Waals surface area (Å²) in [4.78, 5) is 37.2. The first-order valence-electron chi connectivity index (χ1n) is 12.3. The fraction of sp³-hybridized carbons (Fsp3) is 0.276. The van der Waals surface area contributed by atoms with E-state index in [1.807, 2.05) is 91.9 Å². The van der Waals surface area contributed by atoms with E-state index in [1.54, 1.807) is 0 Å². The van der Waals surface area contributed by atoms with Gasteiger partial charge in [-0.1, -0.05) is 78.4 Å². The third-order valence-electron chi connectivity index (χ3n) is 5.54. The monoisotopic (exact) mass is 503 g/mol. The number of ether oxygens (including phenoxy) is 2. The quantitative estimate of drug-likeness (QED) is 0.290. The van der Waals surface area contributed by atoms with Gasteiger partial charge in [0.1, 0.15) is 19.3 Å². The molecule has 8 heteroatoms. The van der Waals surface area contributed by atoms with Crippen LogP contribution in [0, 0.1) is 6.92 Å². The van der Waals surface area contributed by atoms with Gasteiger partial charge in [0.2, 0.25) is 5.91 Å². The normalized spacial score (nSPS) is 11.2. The Labute approximate surface area is 217 Å². The van der Waals surface area contributed by atoms with Crippen molar-refractivity contribution in [1.82, 2.24) is 10.6 Å². The summed E-state index contributed by atoms with van der Waals surface area (Å²) < 4.78 is 10.5. The van der Waals surface area contributed by atoms with Crippen LogP contribution in [0.4, 0.5) is 15.3 Å². The lowest BCUT2D eigenvalue weighted by Crippen LogP contribution is -2.44. The van der Waals surface area contributed by atoms with E-state index >= 15 is 0 Å². The molecular formula is C29H33N3O5. The van der Waals surface area contributed by atoms with Crippen LogP contribution in [0.1, 0.15) is 36.0 Å². The van der Waals surface area contributed by atoms with Gasteiger partial charge in [-0.15, -0.1) is 0 Å². The first kappa shape index (κ1) is 27.3. The zero-order valence-corrected chi connectivity index (χ0v) is 20.9. The van der Waals surface area contributed by atoms with Crippen molar-refractivity contribution in [2.75, 3.05) is 11.9 Å². The molecule has 3 aromatic rings. The maximum atomic E-state index is 12.9. The highest BCUT2D eigenvalue weighted by Gasteiger charge is 2.21. The second-order valence-corrected chi connectivity index (χ2v) is 8.60. The lowest BCUT2D eigenvalue weighted by atomic mass is 10.1. The van der Waals surface area contributed by atoms with Gasteiger partial charge in [-0.25, -0.2) is 9.59 Å². The summed E-state index contributed by atoms with van der Waals surface area (Å²) in [7, 11) is 0. The maximum Gasteiger partial charge on any atom is 0.408 e. The molecule has 194 valence electrons. The molecule has 8 nitrogen and oxygen atoms in total. The smallest absolute Gasteiger partial charge is 0.408 e. The summed E-state index contributed by atoms with van der Waals surface area (Å²) in [5.41, 5.74) is 3.48. The van der Waals surface area contributed by atoms with Crippen molar-refractivity contribution >= 4 is 23.8 Å². The van der Waals surface area contributed by atoms with E-state index in [4.69, 9.17) is 9.47 Å². The van der Waals surface area contributed by atoms with Crippen molar-refractivity contribution in [3.05, 3.63) is 102 Å². The minimum absolute atomic E-state index is 0.105. The molecule has 0 aliphatic carbocycles. The predicted molar refractivity (Wildman–Crippen MR) is 142 cm³/mol. The van der Waals surface area contributed by atoms with Crippen LogP contribution in [0.2, 0.25) is 0 Å². The SMILES string of the molecule is Cc1ccc(NC(=O)[C@H](CCCCNC(=O)OCc2ccccc2)NC(=O)OCc2ccccc2)cc1. The van der Waals surface area contributed by atoms with Gasteiger partial charge < -0.3 is 25.4 Å². The minimum Gasteiger partial charge on any atom is -0.445 e. The fourth-order valence-corrected chi connectivity index (χ4v) is 3.48. The van der Waals surface area contributed by atoms with Crippen LogP contribution in [-0.2, 0) is 27.5 Å². The van der Waals surface area contributed by atoms with Gasteiger partial charge in [0.15, 0.2) is 0 Å². The molecule has 3 N–H and O–H groups in total. The summed E-state index contributed by atoms with van der Waals surface area (Å²) in [6.45, 7) is 2.65. The van der Waals surface area contributed by atoms with Gasteiger partial charge in [0.25, 0.3) is 0 Å². The van der Waals surface area contributed by atoms with Gasteiger partial charge in [-0.05, 0) is 49.4 Å². The van der Waals surface area contributed by atoms with Crippen LogP contribution >= 0.6 is 0 Å². The highest BCUT2D eigenvalue weighted by atomic mass is 16.6. The highest BCUT2D eigenvalue weighted by molar-refractivity contribution is 5.96. The molecule has 0 bridgehead atoms. The van der Waals surface area contributed by atoms with E-state index in [0.717, 1.165) is 16.7 Å². The number of amides is 3. The van der Waals surface area contributed by atoms with Crippen LogP contribution in [0.25, 0.3) is 0 Å². The molecule has 0 aliphatic heterocycles. The first-order chi connectivity index (χ1) is 18.0. The summed E-state index contributed by atoms with van der Waals surface area (Å²) >= 11 is 0. The second kappa shape index (κ2) is 14.9. The van der Waals surface area contributed by atoms with Crippen LogP contribution in [0.5, 0.6) is 0 Å². The van der Waals surface area contributed by atoms with E-state index in [9.17, 15) is 14.4 Å². The minimum atomic E-state index is -0.797. The maximum absolute atomic E-state index is 12.9. The number of hydrogen-bond donors (Lipinski definition) is 3. The molecular weight excluding hydrogens is 470 g/mol. The van der Waals surface area contributed by atoms with Crippen molar-refractivity contribution in [2.24, 2.45) is 0 Å². The Morgan fingerprint density at radius 3 is 1.89 bits per heavy atom. The van der Waals surface area contributed by atoms with Crippen molar-refractivity contribution in [2.45, 2.75) is 45.4 Å². The summed E-state index contributed by atoms with van der Waals surface area (Å²) in [5, 5.41) is 8.22. The standard InChI is InChI=1S/C29H33N3O5/c1-22-15-17-25(18-16-22)31-27(33)26(32-29(35)37-21-24-12-6-3-7-13-24)14-8-9-19-30-28(34)36-20-23-10-4-2-5-11-23/h2-7,10-13,15-18,26H,8-9,14,19-21H2,1H3,(H,30,34)(H,31,33)(H,32,35)/t26-/m0/s1. The molecule has 0 saturated carbocycles. The third kappa shape index (κ3) is 10.4. The number of alkyl carbamates (subject to hydrolysis) is 2. The van der Waals surface area contributed by atoms with Gasteiger partial charge in [-0.3, -0.25) is 4.79 Å². The number of hydrogen-bond acceptors (Lipinski definition) is 5. The van der Waals surface area contributed by atoms with Gasteiger partial charge in [0, 0.05) is 12.2 Å². The molecule has 0 radical (unpaired) electrons. The number of carbonyl (C=O) groups is 3. The molecule has 3 amide bonds. The number of aryl methyl sites for hydroxylation is 1. The molecule has 0 aromatic heterocycles. The van der Waals surface area contributed by atoms with Crippen molar-refractivity contribution < 1.29 is 23.9 Å². The van der Waals surface area contributed by atoms with Gasteiger partial charge >= 0.3 is 12.2 Å². The molecule has 1 atom stereocenters. The first-order valence-corrected chi connectivity index (χ1v) is 12.3. The molecule has 3 rings (SSSR count). The number of nitrogens with one attached hydrogen (secondary N) is 3. The molecule has 0 heterocycles. The highest BCUT2D eigenvalue weighted by Crippen LogP contribution is 2.11. The van der Waals surface area contributed by atoms with Crippen LogP contribution < -0.4 is 16.0 Å². The van der Waals surface area contributed by atoms with E-state index in [0.29, 0.717) is 31.5 Å². The van der Waals surface area contributed by atoms with E-state index in [2.05, 4.69) is 16.0 Å². The molecule has 0 unspecified atom stereocenters. The lowest BCUT2D eigenvalue weighted by Gasteiger charge is -2.18. The Balaban J connectivity index is 1.45. The Morgan fingerprint density at radius 1 is 0.730 bits per heavy atom. The topological polar surface area (TPSA) is 106 Å². The van der Waals surface area contributed by atoms with Crippen LogP contribution in [0.3, 0.4) is 0 Å². The molecule has 0 spiro atoms. The van der Waals surface area contributed by atoms with Crippen molar-refractivity contribution in [3.8, 4) is 0 Å². The third-order valence-corrected chi connectivity index (χ3v) is 5.54. The Bertz CT molecular complexity index is 1120. The van der Waals surface area contributed by atoms with Crippen LogP contribution in [0.15, 0.2) is 84.9 Å². The Hall–Kier alpha value is -4.33. The Morgan fingerprint density at radius 2 is 1.30 bits per heavy atom. The number of benzene rings is 3. The number of rotatable bonds is 12. The molecule has 0 aliphatic rings. The summed E-state index contributed by atoms with van der Waals surface area (Å²) in [6.07, 6.45) is 0.397. The fourth-order valence-electron chi connectivity index (χ4n) is 3.48. The second-order valence-electron chi connectivity index (χ2n) is 8.60. The van der Waals surface area contributed by atoms with Crippen molar-refractivity contribution in [3.63, 3.8) is 0 Å².